The van der Waals surface area contributed by atoms with Crippen LogP contribution in [0.3, 0.4) is 0 Å². The third kappa shape index (κ3) is 7.76. The van der Waals surface area contributed by atoms with Crippen molar-refractivity contribution in [2.75, 3.05) is 24.6 Å². The molecule has 2 N–H and O–H groups in total. The number of carboxylic acid groups (broad SMARTS) is 1. The fraction of sp³-hybridized carbons (Fsp3) is 0.481. The Balaban J connectivity index is 0.00000408. The summed E-state index contributed by atoms with van der Waals surface area (Å²) >= 11 is 0. The van der Waals surface area contributed by atoms with Crippen LogP contribution in [0.1, 0.15) is 74.0 Å². The summed E-state index contributed by atoms with van der Waals surface area (Å²) in [5, 5.41) is 12.6. The molecule has 0 unspecified atom stereocenters. The smallest absolute Gasteiger partial charge is 0.339 e. The van der Waals surface area contributed by atoms with Crippen molar-refractivity contribution in [1.29, 1.82) is 0 Å². The van der Waals surface area contributed by atoms with Crippen LogP contribution in [-0.4, -0.2) is 66.2 Å². The molecule has 0 saturated carbocycles. The van der Waals surface area contributed by atoms with E-state index in [-0.39, 0.29) is 53.5 Å². The Bertz CT molecular complexity index is 957. The van der Waals surface area contributed by atoms with E-state index >= 15 is 0 Å². The first-order valence-corrected chi connectivity index (χ1v) is 12.0. The van der Waals surface area contributed by atoms with Crippen molar-refractivity contribution in [2.24, 2.45) is 5.92 Å². The number of ether oxygens (including phenoxy) is 1. The normalized spacial score (nSPS) is 14.3. The summed E-state index contributed by atoms with van der Waals surface area (Å²) in [6, 6.07) is 13.2. The molecular weight excluding hydrogens is 439 g/mol. The van der Waals surface area contributed by atoms with E-state index in [0.717, 1.165) is 30.6 Å². The Labute approximate surface area is 225 Å². The van der Waals surface area contributed by atoms with Gasteiger partial charge in [-0.1, -0.05) is 38.1 Å². The van der Waals surface area contributed by atoms with Gasteiger partial charge in [-0.3, -0.25) is 4.79 Å². The third-order valence-electron chi connectivity index (χ3n) is 5.99. The standard InChI is InChI=1S/C27H36N2O4.Na/c1-4-33-25-17-20(12-13-22(25)27(31)32)18-26(30)28-23(16-19(2)3)21-10-6-7-11-24(21)29-14-8-5-9-15-29;/h6-7,10-13,17,19,23H,4-5,8-9,14-16,18H2,1-3H3,(H,28,30)(H,31,32);/t23-;/m0./s1. The first-order valence-electron chi connectivity index (χ1n) is 12.0. The van der Waals surface area contributed by atoms with Crippen LogP contribution in [0.5, 0.6) is 5.75 Å². The molecule has 0 spiro atoms. The predicted octanol–water partition coefficient (Wildman–Crippen LogP) is 4.84. The molecule has 1 amide bonds. The van der Waals surface area contributed by atoms with Crippen LogP contribution in [-0.2, 0) is 11.2 Å². The maximum Gasteiger partial charge on any atom is 0.339 e. The van der Waals surface area contributed by atoms with Crippen LogP contribution in [0.25, 0.3) is 0 Å². The summed E-state index contributed by atoms with van der Waals surface area (Å²) in [7, 11) is 0. The van der Waals surface area contributed by atoms with E-state index in [9.17, 15) is 14.7 Å². The second kappa shape index (κ2) is 13.8. The van der Waals surface area contributed by atoms with Crippen molar-refractivity contribution in [2.45, 2.75) is 58.9 Å². The molecule has 0 aromatic heterocycles. The number of nitrogens with one attached hydrogen (secondary N) is 1. The van der Waals surface area contributed by atoms with Crippen LogP contribution in [0.15, 0.2) is 42.5 Å². The number of anilines is 1. The average Bonchev–Trinajstić information content (AvgIpc) is 2.79. The van der Waals surface area contributed by atoms with Gasteiger partial charge in [-0.15, -0.1) is 0 Å². The number of benzene rings is 2. The van der Waals surface area contributed by atoms with E-state index in [2.05, 4.69) is 42.3 Å². The van der Waals surface area contributed by atoms with Gasteiger partial charge < -0.3 is 20.1 Å². The molecule has 1 heterocycles. The fourth-order valence-electron chi connectivity index (χ4n) is 4.50. The summed E-state index contributed by atoms with van der Waals surface area (Å²) in [6.07, 6.45) is 4.68. The number of piperidine rings is 1. The van der Waals surface area contributed by atoms with Gasteiger partial charge >= 0.3 is 5.97 Å². The monoisotopic (exact) mass is 475 g/mol. The zero-order valence-electron chi connectivity index (χ0n) is 21.0. The molecule has 34 heavy (non-hydrogen) atoms. The van der Waals surface area contributed by atoms with E-state index < -0.39 is 5.97 Å². The van der Waals surface area contributed by atoms with Gasteiger partial charge in [-0.2, -0.15) is 0 Å². The van der Waals surface area contributed by atoms with Crippen LogP contribution in [0.2, 0.25) is 0 Å². The molecule has 0 aliphatic carbocycles. The molecule has 1 aliphatic heterocycles. The summed E-state index contributed by atoms with van der Waals surface area (Å²) in [6.45, 7) is 8.61. The third-order valence-corrected chi connectivity index (χ3v) is 5.99. The van der Waals surface area contributed by atoms with E-state index in [1.807, 2.05) is 6.07 Å². The zero-order valence-corrected chi connectivity index (χ0v) is 23.0. The fourth-order valence-corrected chi connectivity index (χ4v) is 4.50. The molecule has 6 nitrogen and oxygen atoms in total. The molecule has 1 fully saturated rings. The summed E-state index contributed by atoms with van der Waals surface area (Å²) in [5.41, 5.74) is 3.22. The van der Waals surface area contributed by atoms with E-state index in [0.29, 0.717) is 18.3 Å². The zero-order chi connectivity index (χ0) is 23.8. The maximum absolute atomic E-state index is 13.1. The molecule has 179 valence electrons. The van der Waals surface area contributed by atoms with Crippen LogP contribution < -0.4 is 15.0 Å². The second-order valence-corrected chi connectivity index (χ2v) is 9.10. The van der Waals surface area contributed by atoms with E-state index in [1.165, 1.54) is 31.0 Å². The van der Waals surface area contributed by atoms with E-state index in [4.69, 9.17) is 4.74 Å². The van der Waals surface area contributed by atoms with Crippen LogP contribution >= 0.6 is 0 Å². The molecule has 1 aliphatic rings. The number of nitrogens with zero attached hydrogens (tertiary/aromatic N) is 1. The molecule has 0 bridgehead atoms. The number of para-hydroxylation sites is 1. The number of hydrogen-bond acceptors (Lipinski definition) is 4. The summed E-state index contributed by atoms with van der Waals surface area (Å²) in [5.74, 6) is -0.408. The van der Waals surface area contributed by atoms with Gasteiger partial charge in [0.1, 0.15) is 11.3 Å². The molecule has 1 saturated heterocycles. The minimum atomic E-state index is -1.04. The van der Waals surface area contributed by atoms with Gasteiger partial charge in [0, 0.05) is 48.3 Å². The molecule has 1 atom stereocenters. The minimum absolute atomic E-state index is 0. The predicted molar refractivity (Wildman–Crippen MR) is 137 cm³/mol. The van der Waals surface area contributed by atoms with Crippen LogP contribution in [0.4, 0.5) is 5.69 Å². The van der Waals surface area contributed by atoms with Crippen LogP contribution in [0, 0.1) is 5.92 Å². The number of aromatic carboxylic acids is 1. The molecule has 2 aromatic rings. The van der Waals surface area contributed by atoms with Gasteiger partial charge in [-0.05, 0) is 67.9 Å². The second-order valence-electron chi connectivity index (χ2n) is 9.10. The molecule has 3 rings (SSSR count). The first kappa shape index (κ1) is 28.2. The number of rotatable bonds is 10. The Hall–Kier alpha value is -2.02. The topological polar surface area (TPSA) is 78.9 Å². The summed E-state index contributed by atoms with van der Waals surface area (Å²) in [4.78, 5) is 26.9. The maximum atomic E-state index is 13.1. The minimum Gasteiger partial charge on any atom is -0.493 e. The number of amides is 1. The molecule has 1 radical (unpaired) electrons. The molecule has 7 heteroatoms. The van der Waals surface area contributed by atoms with Gasteiger partial charge in [0.2, 0.25) is 5.91 Å². The molecular formula is C27H36N2NaO4. The first-order chi connectivity index (χ1) is 15.9. The SMILES string of the molecule is CCOc1cc(CC(=O)N[C@@H](CC(C)C)c2ccccc2N2CCCCC2)ccc1C(=O)O.[Na]. The Kier molecular flexibility index (Phi) is 11.4. The van der Waals surface area contributed by atoms with Crippen molar-refractivity contribution >= 4 is 47.1 Å². The number of carbonyl (C=O) groups is 2. The number of carbonyl (C=O) groups excluding carboxylic acids is 1. The number of carboxylic acids is 1. The van der Waals surface area contributed by atoms with Crippen molar-refractivity contribution in [1.82, 2.24) is 5.32 Å². The average molecular weight is 476 g/mol. The number of hydrogen-bond donors (Lipinski definition) is 2. The Morgan fingerprint density at radius 3 is 2.44 bits per heavy atom. The van der Waals surface area contributed by atoms with Gasteiger partial charge in [0.15, 0.2) is 0 Å². The Morgan fingerprint density at radius 2 is 1.79 bits per heavy atom. The van der Waals surface area contributed by atoms with Gasteiger partial charge in [0.25, 0.3) is 0 Å². The van der Waals surface area contributed by atoms with Crippen molar-refractivity contribution in [3.05, 3.63) is 59.2 Å². The van der Waals surface area contributed by atoms with Gasteiger partial charge in [-0.25, -0.2) is 4.79 Å². The quantitative estimate of drug-likeness (QED) is 0.481. The van der Waals surface area contributed by atoms with E-state index in [1.54, 1.807) is 19.1 Å². The van der Waals surface area contributed by atoms with Crippen molar-refractivity contribution in [3.8, 4) is 5.75 Å². The summed E-state index contributed by atoms with van der Waals surface area (Å²) < 4.78 is 5.49. The van der Waals surface area contributed by atoms with Gasteiger partial charge in [0.05, 0.1) is 19.1 Å². The largest absolute Gasteiger partial charge is 0.493 e. The molecule has 2 aromatic carbocycles. The van der Waals surface area contributed by atoms with Crippen molar-refractivity contribution in [3.63, 3.8) is 0 Å². The Morgan fingerprint density at radius 1 is 1.09 bits per heavy atom. The van der Waals surface area contributed by atoms with Crippen molar-refractivity contribution < 1.29 is 19.4 Å².